The van der Waals surface area contributed by atoms with Gasteiger partial charge >= 0.3 is 0 Å². The summed E-state index contributed by atoms with van der Waals surface area (Å²) in [7, 11) is 0. The predicted octanol–water partition coefficient (Wildman–Crippen LogP) is 5.91. The number of thiazole rings is 1. The Labute approximate surface area is 191 Å². The lowest BCUT2D eigenvalue weighted by molar-refractivity contribution is 0.0971. The van der Waals surface area contributed by atoms with E-state index in [1.54, 1.807) is 0 Å². The van der Waals surface area contributed by atoms with Gasteiger partial charge in [0.05, 0.1) is 27.2 Å². The number of carbonyl (C=O) groups is 1. The van der Waals surface area contributed by atoms with Crippen molar-refractivity contribution in [3.63, 3.8) is 0 Å². The van der Waals surface area contributed by atoms with Gasteiger partial charge in [-0.25, -0.2) is 9.37 Å². The highest BCUT2D eigenvalue weighted by atomic mass is 32.1. The van der Waals surface area contributed by atoms with Gasteiger partial charge in [-0.05, 0) is 54.8 Å². The van der Waals surface area contributed by atoms with Crippen molar-refractivity contribution in [1.29, 1.82) is 0 Å². The molecule has 33 heavy (non-hydrogen) atoms. The fourth-order valence-electron chi connectivity index (χ4n) is 4.56. The number of aromatic nitrogens is 1. The number of rotatable bonds is 2. The SMILES string of the molecule is Cc1cc(C)c2nc(N3C(=O)c4oc5ccc(F)cc5c(=O)c4C3c3ccccc3)sc2c1. The summed E-state index contributed by atoms with van der Waals surface area (Å²) < 4.78 is 20.8. The Bertz CT molecular complexity index is 1660. The predicted molar refractivity (Wildman–Crippen MR) is 127 cm³/mol. The van der Waals surface area contributed by atoms with Crippen molar-refractivity contribution < 1.29 is 13.6 Å². The minimum absolute atomic E-state index is 0.0277. The van der Waals surface area contributed by atoms with Gasteiger partial charge in [-0.1, -0.05) is 47.7 Å². The van der Waals surface area contributed by atoms with Gasteiger partial charge in [0.2, 0.25) is 5.76 Å². The maximum Gasteiger partial charge on any atom is 0.297 e. The van der Waals surface area contributed by atoms with Crippen LogP contribution in [0.4, 0.5) is 9.52 Å². The van der Waals surface area contributed by atoms with Gasteiger partial charge in [0.1, 0.15) is 11.4 Å². The van der Waals surface area contributed by atoms with Crippen LogP contribution in [0, 0.1) is 19.7 Å². The second kappa shape index (κ2) is 7.08. The summed E-state index contributed by atoms with van der Waals surface area (Å²) in [6, 6.07) is 16.4. The van der Waals surface area contributed by atoms with Crippen LogP contribution in [0.2, 0.25) is 0 Å². The highest BCUT2D eigenvalue weighted by Crippen LogP contribution is 2.44. The molecule has 0 radical (unpaired) electrons. The van der Waals surface area contributed by atoms with E-state index < -0.39 is 23.2 Å². The quantitative estimate of drug-likeness (QED) is 0.331. The third-order valence-electron chi connectivity index (χ3n) is 5.97. The number of amides is 1. The van der Waals surface area contributed by atoms with E-state index in [4.69, 9.17) is 9.40 Å². The average molecular weight is 456 g/mol. The average Bonchev–Trinajstić information content (AvgIpc) is 3.34. The summed E-state index contributed by atoms with van der Waals surface area (Å²) in [5, 5.41) is 0.596. The molecular weight excluding hydrogens is 439 g/mol. The van der Waals surface area contributed by atoms with Crippen LogP contribution in [0.15, 0.2) is 69.9 Å². The van der Waals surface area contributed by atoms with Gasteiger partial charge in [-0.15, -0.1) is 0 Å². The third kappa shape index (κ3) is 2.93. The number of benzene rings is 3. The van der Waals surface area contributed by atoms with Gasteiger partial charge in [0, 0.05) is 0 Å². The highest BCUT2D eigenvalue weighted by Gasteiger charge is 2.45. The Morgan fingerprint density at radius 3 is 2.61 bits per heavy atom. The number of hydrogen-bond acceptors (Lipinski definition) is 5. The molecule has 0 aliphatic carbocycles. The molecule has 7 heteroatoms. The molecule has 5 aromatic rings. The fraction of sp³-hybridized carbons (Fsp3) is 0.115. The van der Waals surface area contributed by atoms with Crippen molar-refractivity contribution in [3.8, 4) is 0 Å². The minimum Gasteiger partial charge on any atom is -0.450 e. The maximum atomic E-state index is 13.9. The Hall–Kier alpha value is -3.84. The molecule has 0 saturated carbocycles. The van der Waals surface area contributed by atoms with Gasteiger partial charge in [-0.2, -0.15) is 0 Å². The molecule has 1 atom stereocenters. The van der Waals surface area contributed by atoms with Crippen LogP contribution >= 0.6 is 11.3 Å². The molecule has 3 aromatic carbocycles. The zero-order valence-corrected chi connectivity index (χ0v) is 18.6. The summed E-state index contributed by atoms with van der Waals surface area (Å²) >= 11 is 1.40. The van der Waals surface area contributed by atoms with Crippen molar-refractivity contribution in [2.24, 2.45) is 0 Å². The van der Waals surface area contributed by atoms with Crippen LogP contribution in [0.3, 0.4) is 0 Å². The lowest BCUT2D eigenvalue weighted by Gasteiger charge is -2.22. The third-order valence-corrected chi connectivity index (χ3v) is 6.97. The van der Waals surface area contributed by atoms with Crippen LogP contribution in [0.25, 0.3) is 21.2 Å². The van der Waals surface area contributed by atoms with Gasteiger partial charge in [0.25, 0.3) is 5.91 Å². The normalized spacial score (nSPS) is 15.5. The van der Waals surface area contributed by atoms with Gasteiger partial charge in [0.15, 0.2) is 10.6 Å². The van der Waals surface area contributed by atoms with E-state index in [0.29, 0.717) is 5.13 Å². The number of aryl methyl sites for hydroxylation is 2. The summed E-state index contributed by atoms with van der Waals surface area (Å²) in [5.74, 6) is -1.00. The van der Waals surface area contributed by atoms with Crippen LogP contribution in [0.1, 0.15) is 38.9 Å². The molecule has 5 nitrogen and oxygen atoms in total. The summed E-state index contributed by atoms with van der Waals surface area (Å²) in [6.07, 6.45) is 0. The molecular formula is C26H17FN2O3S. The van der Waals surface area contributed by atoms with Crippen LogP contribution in [-0.4, -0.2) is 10.9 Å². The molecule has 1 unspecified atom stereocenters. The Kier molecular flexibility index (Phi) is 4.25. The molecule has 0 fully saturated rings. The number of carbonyl (C=O) groups excluding carboxylic acids is 1. The molecule has 1 aliphatic heterocycles. The smallest absolute Gasteiger partial charge is 0.297 e. The first-order chi connectivity index (χ1) is 15.9. The largest absolute Gasteiger partial charge is 0.450 e. The van der Waals surface area contributed by atoms with Gasteiger partial charge < -0.3 is 4.42 Å². The van der Waals surface area contributed by atoms with Gasteiger partial charge in [-0.3, -0.25) is 14.5 Å². The monoisotopic (exact) mass is 456 g/mol. The Morgan fingerprint density at radius 1 is 1.03 bits per heavy atom. The van der Waals surface area contributed by atoms with E-state index >= 15 is 0 Å². The summed E-state index contributed by atoms with van der Waals surface area (Å²) in [5.41, 5.74) is 3.67. The van der Waals surface area contributed by atoms with Crippen molar-refractivity contribution in [1.82, 2.24) is 4.98 Å². The number of nitrogens with zero attached hydrogens (tertiary/aromatic N) is 2. The highest BCUT2D eigenvalue weighted by molar-refractivity contribution is 7.22. The lowest BCUT2D eigenvalue weighted by Crippen LogP contribution is -2.29. The lowest BCUT2D eigenvalue weighted by atomic mass is 9.99. The standard InChI is InChI=1S/C26H17FN2O3S/c1-13-10-14(2)21-19(11-13)33-26(28-21)29-22(15-6-4-3-5-7-15)20-23(30)17-12-16(27)8-9-18(17)32-24(20)25(29)31/h3-12,22H,1-2H3. The number of halogens is 1. The molecule has 0 saturated heterocycles. The topological polar surface area (TPSA) is 63.4 Å². The summed E-state index contributed by atoms with van der Waals surface area (Å²) in [6.45, 7) is 4.00. The van der Waals surface area contributed by atoms with Crippen LogP contribution in [-0.2, 0) is 0 Å². The van der Waals surface area contributed by atoms with E-state index in [1.165, 1.54) is 28.4 Å². The van der Waals surface area contributed by atoms with Crippen molar-refractivity contribution in [2.45, 2.75) is 19.9 Å². The van der Waals surface area contributed by atoms with Crippen LogP contribution in [0.5, 0.6) is 0 Å². The number of fused-ring (bicyclic) bond motifs is 3. The maximum absolute atomic E-state index is 13.9. The van der Waals surface area contributed by atoms with Crippen LogP contribution < -0.4 is 10.3 Å². The Morgan fingerprint density at radius 2 is 1.82 bits per heavy atom. The molecule has 3 heterocycles. The first kappa shape index (κ1) is 19.8. The summed E-state index contributed by atoms with van der Waals surface area (Å²) in [4.78, 5) is 33.5. The first-order valence-electron chi connectivity index (χ1n) is 10.4. The zero-order chi connectivity index (χ0) is 22.9. The zero-order valence-electron chi connectivity index (χ0n) is 17.8. The van der Waals surface area contributed by atoms with E-state index in [-0.39, 0.29) is 22.3 Å². The minimum atomic E-state index is -0.723. The van der Waals surface area contributed by atoms with E-state index in [2.05, 4.69) is 0 Å². The molecule has 6 rings (SSSR count). The van der Waals surface area contributed by atoms with Crippen molar-refractivity contribution >= 4 is 43.6 Å². The molecule has 162 valence electrons. The van der Waals surface area contributed by atoms with E-state index in [0.717, 1.165) is 33.0 Å². The van der Waals surface area contributed by atoms with E-state index in [9.17, 15) is 14.0 Å². The Balaban J connectivity index is 1.65. The molecule has 0 spiro atoms. The molecule has 1 aliphatic rings. The van der Waals surface area contributed by atoms with Crippen molar-refractivity contribution in [2.75, 3.05) is 4.90 Å². The molecule has 0 N–H and O–H groups in total. The second-order valence-electron chi connectivity index (χ2n) is 8.23. The molecule has 0 bridgehead atoms. The van der Waals surface area contributed by atoms with E-state index in [1.807, 2.05) is 56.3 Å². The van der Waals surface area contributed by atoms with Crippen molar-refractivity contribution in [3.05, 3.63) is 105 Å². The number of hydrogen-bond donors (Lipinski definition) is 0. The second-order valence-corrected chi connectivity index (χ2v) is 9.24. The molecule has 1 amide bonds. The molecule has 2 aromatic heterocycles. The first-order valence-corrected chi connectivity index (χ1v) is 11.3. The fourth-order valence-corrected chi connectivity index (χ4v) is 5.72. The number of anilines is 1.